The molecule has 0 N–H and O–H groups in total. The third-order valence-corrected chi connectivity index (χ3v) is 6.59. The molecular weight excluding hydrogens is 366 g/mol. The fraction of sp³-hybridized carbons (Fsp3) is 0.444. The summed E-state index contributed by atoms with van der Waals surface area (Å²) in [6.07, 6.45) is 1.71. The molecule has 8 nitrogen and oxygen atoms in total. The van der Waals surface area contributed by atoms with E-state index in [4.69, 9.17) is 4.74 Å². The van der Waals surface area contributed by atoms with Crippen molar-refractivity contribution in [2.75, 3.05) is 57.2 Å². The van der Waals surface area contributed by atoms with Crippen LogP contribution >= 0.6 is 0 Å². The van der Waals surface area contributed by atoms with Gasteiger partial charge in [-0.3, -0.25) is 0 Å². The van der Waals surface area contributed by atoms with E-state index < -0.39 is 10.0 Å². The highest BCUT2D eigenvalue weighted by atomic mass is 32.2. The van der Waals surface area contributed by atoms with Crippen molar-refractivity contribution in [3.05, 3.63) is 36.0 Å². The van der Waals surface area contributed by atoms with Gasteiger partial charge < -0.3 is 14.5 Å². The first-order chi connectivity index (χ1) is 12.8. The van der Waals surface area contributed by atoms with Crippen LogP contribution < -0.4 is 14.5 Å². The molecule has 146 valence electrons. The molecule has 1 aromatic heterocycles. The third kappa shape index (κ3) is 3.98. The van der Waals surface area contributed by atoms with Gasteiger partial charge in [0, 0.05) is 46.3 Å². The van der Waals surface area contributed by atoms with E-state index in [0.29, 0.717) is 36.8 Å². The van der Waals surface area contributed by atoms with E-state index in [1.807, 2.05) is 32.0 Å². The normalized spacial score (nSPS) is 15.6. The lowest BCUT2D eigenvalue weighted by Crippen LogP contribution is -2.48. The van der Waals surface area contributed by atoms with E-state index in [1.54, 1.807) is 31.5 Å². The lowest BCUT2D eigenvalue weighted by Gasteiger charge is -2.35. The number of aryl methyl sites for hydroxylation is 1. The summed E-state index contributed by atoms with van der Waals surface area (Å²) in [7, 11) is 1.88. The summed E-state index contributed by atoms with van der Waals surface area (Å²) in [5.41, 5.74) is 1.75. The molecular formula is C18H25N5O3S. The van der Waals surface area contributed by atoms with Crippen LogP contribution in [0.4, 0.5) is 11.5 Å². The molecule has 1 aromatic carbocycles. The van der Waals surface area contributed by atoms with Crippen LogP contribution in [0.5, 0.6) is 5.75 Å². The van der Waals surface area contributed by atoms with E-state index in [2.05, 4.69) is 15.1 Å². The highest BCUT2D eigenvalue weighted by molar-refractivity contribution is 7.89. The van der Waals surface area contributed by atoms with E-state index >= 15 is 0 Å². The summed E-state index contributed by atoms with van der Waals surface area (Å²) in [6, 6.07) is 6.92. The van der Waals surface area contributed by atoms with Gasteiger partial charge in [0.25, 0.3) is 0 Å². The lowest BCUT2D eigenvalue weighted by molar-refractivity contribution is 0.384. The molecule has 0 unspecified atom stereocenters. The van der Waals surface area contributed by atoms with Crippen LogP contribution in [0, 0.1) is 6.92 Å². The maximum atomic E-state index is 13.0. The Balaban J connectivity index is 1.73. The minimum Gasteiger partial charge on any atom is -0.496 e. The van der Waals surface area contributed by atoms with Gasteiger partial charge in [-0.25, -0.2) is 8.42 Å². The molecule has 1 fully saturated rings. The second-order valence-corrected chi connectivity index (χ2v) is 8.63. The molecule has 0 spiro atoms. The maximum absolute atomic E-state index is 13.0. The first kappa shape index (κ1) is 19.4. The number of nitrogens with zero attached hydrogens (tertiary/aromatic N) is 5. The molecule has 9 heteroatoms. The zero-order chi connectivity index (χ0) is 19.6. The second-order valence-electron chi connectivity index (χ2n) is 6.69. The molecule has 1 saturated heterocycles. The Morgan fingerprint density at radius 3 is 2.41 bits per heavy atom. The maximum Gasteiger partial charge on any atom is 0.243 e. The van der Waals surface area contributed by atoms with Crippen LogP contribution in [-0.2, 0) is 10.0 Å². The van der Waals surface area contributed by atoms with Crippen LogP contribution in [0.3, 0.4) is 0 Å². The molecule has 2 heterocycles. The fourth-order valence-electron chi connectivity index (χ4n) is 3.08. The second kappa shape index (κ2) is 7.69. The van der Waals surface area contributed by atoms with Gasteiger partial charge >= 0.3 is 0 Å². The van der Waals surface area contributed by atoms with Crippen LogP contribution in [-0.4, -0.2) is 70.3 Å². The van der Waals surface area contributed by atoms with Gasteiger partial charge in [0.1, 0.15) is 5.75 Å². The number of piperazine rings is 1. The molecule has 0 saturated carbocycles. The van der Waals surface area contributed by atoms with Gasteiger partial charge in [0.05, 0.1) is 23.9 Å². The van der Waals surface area contributed by atoms with E-state index in [1.165, 1.54) is 4.31 Å². The first-order valence-corrected chi connectivity index (χ1v) is 10.2. The van der Waals surface area contributed by atoms with Crippen molar-refractivity contribution in [1.82, 2.24) is 14.5 Å². The number of hydrogen-bond acceptors (Lipinski definition) is 7. The molecule has 0 aliphatic carbocycles. The van der Waals surface area contributed by atoms with Crippen LogP contribution in [0.25, 0.3) is 0 Å². The number of methoxy groups -OCH3 is 1. The number of sulfonamides is 1. The largest absolute Gasteiger partial charge is 0.496 e. The zero-order valence-corrected chi connectivity index (χ0v) is 16.9. The summed E-state index contributed by atoms with van der Waals surface area (Å²) in [5.74, 6) is 1.46. The fourth-order valence-corrected chi connectivity index (χ4v) is 4.59. The Kier molecular flexibility index (Phi) is 5.52. The van der Waals surface area contributed by atoms with Crippen LogP contribution in [0.1, 0.15) is 5.56 Å². The Bertz CT molecular complexity index is 909. The topological polar surface area (TPSA) is 78.9 Å². The van der Waals surface area contributed by atoms with E-state index in [0.717, 1.165) is 17.1 Å². The summed E-state index contributed by atoms with van der Waals surface area (Å²) >= 11 is 0. The van der Waals surface area contributed by atoms with Crippen LogP contribution in [0.2, 0.25) is 0 Å². The van der Waals surface area contributed by atoms with Crippen LogP contribution in [0.15, 0.2) is 35.4 Å². The highest BCUT2D eigenvalue weighted by Gasteiger charge is 2.29. The quantitative estimate of drug-likeness (QED) is 0.762. The Labute approximate surface area is 160 Å². The highest BCUT2D eigenvalue weighted by Crippen LogP contribution is 2.25. The monoisotopic (exact) mass is 391 g/mol. The Morgan fingerprint density at radius 1 is 1.11 bits per heavy atom. The van der Waals surface area contributed by atoms with Gasteiger partial charge in [0.15, 0.2) is 5.82 Å². The molecule has 0 amide bonds. The molecule has 2 aromatic rings. The summed E-state index contributed by atoms with van der Waals surface area (Å²) in [5, 5.41) is 8.13. The number of hydrogen-bond donors (Lipinski definition) is 0. The van der Waals surface area contributed by atoms with Crippen molar-refractivity contribution in [3.63, 3.8) is 0 Å². The summed E-state index contributed by atoms with van der Waals surface area (Å²) in [4.78, 5) is 4.32. The number of aromatic nitrogens is 2. The zero-order valence-electron chi connectivity index (χ0n) is 16.1. The van der Waals surface area contributed by atoms with Crippen molar-refractivity contribution in [3.8, 4) is 5.75 Å². The van der Waals surface area contributed by atoms with Crippen molar-refractivity contribution >= 4 is 21.5 Å². The van der Waals surface area contributed by atoms with Gasteiger partial charge in [-0.2, -0.15) is 9.40 Å². The van der Waals surface area contributed by atoms with Crippen molar-refractivity contribution < 1.29 is 13.2 Å². The minimum atomic E-state index is -3.52. The smallest absolute Gasteiger partial charge is 0.243 e. The number of benzene rings is 1. The number of anilines is 2. The van der Waals surface area contributed by atoms with E-state index in [-0.39, 0.29) is 0 Å². The number of rotatable bonds is 5. The Morgan fingerprint density at radius 2 is 1.81 bits per heavy atom. The first-order valence-electron chi connectivity index (χ1n) is 8.72. The molecule has 0 radical (unpaired) electrons. The standard InChI is InChI=1S/C18H25N5O3S/c1-14-11-16(5-6-17(14)26-4)27(24,25)23-9-7-22(8-10-23)15-12-18(21(2)3)20-19-13-15/h5-6,11-13H,7-10H2,1-4H3. The average molecular weight is 391 g/mol. The van der Waals surface area contributed by atoms with Gasteiger partial charge in [-0.1, -0.05) is 0 Å². The molecule has 0 bridgehead atoms. The predicted molar refractivity (Wildman–Crippen MR) is 105 cm³/mol. The average Bonchev–Trinajstić information content (AvgIpc) is 2.68. The summed E-state index contributed by atoms with van der Waals surface area (Å²) < 4.78 is 32.7. The summed E-state index contributed by atoms with van der Waals surface area (Å²) in [6.45, 7) is 3.90. The Hall–Kier alpha value is -2.39. The van der Waals surface area contributed by atoms with Gasteiger partial charge in [-0.05, 0) is 30.7 Å². The van der Waals surface area contributed by atoms with Gasteiger partial charge in [0.2, 0.25) is 10.0 Å². The minimum absolute atomic E-state index is 0.301. The van der Waals surface area contributed by atoms with E-state index in [9.17, 15) is 8.42 Å². The lowest BCUT2D eigenvalue weighted by atomic mass is 10.2. The molecule has 27 heavy (non-hydrogen) atoms. The van der Waals surface area contributed by atoms with Crippen molar-refractivity contribution in [2.24, 2.45) is 0 Å². The molecule has 0 atom stereocenters. The van der Waals surface area contributed by atoms with Gasteiger partial charge in [-0.15, -0.1) is 5.10 Å². The van der Waals surface area contributed by atoms with Crippen molar-refractivity contribution in [2.45, 2.75) is 11.8 Å². The third-order valence-electron chi connectivity index (χ3n) is 4.69. The molecule has 1 aliphatic heterocycles. The number of ether oxygens (including phenoxy) is 1. The molecule has 3 rings (SSSR count). The van der Waals surface area contributed by atoms with Crippen molar-refractivity contribution in [1.29, 1.82) is 0 Å². The molecule has 1 aliphatic rings. The predicted octanol–water partition coefficient (Wildman–Crippen LogP) is 1.37. The SMILES string of the molecule is COc1ccc(S(=O)(=O)N2CCN(c3cnnc(N(C)C)c3)CC2)cc1C.